The van der Waals surface area contributed by atoms with Crippen molar-refractivity contribution in [2.24, 2.45) is 11.8 Å². The summed E-state index contributed by atoms with van der Waals surface area (Å²) in [6.07, 6.45) is 0. The number of nitro groups is 1. The minimum atomic E-state index is -1.41. The summed E-state index contributed by atoms with van der Waals surface area (Å²) in [5.41, 5.74) is 1.53. The van der Waals surface area contributed by atoms with Crippen LogP contribution in [-0.4, -0.2) is 16.7 Å². The molecular formula is C24H13Cl2FN2O4. The lowest BCUT2D eigenvalue weighted by Crippen LogP contribution is -2.57. The predicted molar refractivity (Wildman–Crippen MR) is 119 cm³/mol. The van der Waals surface area contributed by atoms with Crippen LogP contribution in [0.1, 0.15) is 22.3 Å². The molecule has 0 aromatic heterocycles. The van der Waals surface area contributed by atoms with Gasteiger partial charge in [0.15, 0.2) is 0 Å². The lowest BCUT2D eigenvalue weighted by atomic mass is 9.54. The summed E-state index contributed by atoms with van der Waals surface area (Å²) in [7, 11) is 0. The van der Waals surface area contributed by atoms with Gasteiger partial charge < -0.3 is 0 Å². The lowest BCUT2D eigenvalue weighted by Gasteiger charge is -2.54. The molecule has 1 saturated heterocycles. The average molecular weight is 483 g/mol. The summed E-state index contributed by atoms with van der Waals surface area (Å²) in [6, 6.07) is 16.9. The number of amides is 2. The molecule has 0 unspecified atom stereocenters. The Hall–Kier alpha value is -3.29. The Balaban J connectivity index is 1.64. The summed E-state index contributed by atoms with van der Waals surface area (Å²) in [5.74, 6) is -4.65. The van der Waals surface area contributed by atoms with Crippen molar-refractivity contribution in [3.05, 3.63) is 105 Å². The third-order valence-corrected chi connectivity index (χ3v) is 8.25. The van der Waals surface area contributed by atoms with Crippen molar-refractivity contribution in [2.45, 2.75) is 9.75 Å². The number of non-ortho nitro benzene ring substituents is 1. The Kier molecular flexibility index (Phi) is 3.94. The van der Waals surface area contributed by atoms with E-state index < -0.39 is 55.5 Å². The summed E-state index contributed by atoms with van der Waals surface area (Å²) in [6.45, 7) is 0. The minimum absolute atomic E-state index is 0.447. The van der Waals surface area contributed by atoms with E-state index in [0.29, 0.717) is 27.2 Å². The summed E-state index contributed by atoms with van der Waals surface area (Å²) in [4.78, 5) is 35.9. The van der Waals surface area contributed by atoms with Gasteiger partial charge in [0.2, 0.25) is 11.8 Å². The SMILES string of the molecule is O=C1[C@@H]2[C@H](C(=O)N1c1cc([N+](=O)[O-])ccc1F)C1(Cl)c3ccccc3C2(Cl)c2ccccc21. The van der Waals surface area contributed by atoms with Gasteiger partial charge in [-0.3, -0.25) is 19.7 Å². The molecular weight excluding hydrogens is 470 g/mol. The topological polar surface area (TPSA) is 80.5 Å². The summed E-state index contributed by atoms with van der Waals surface area (Å²) in [5, 5.41) is 11.3. The highest BCUT2D eigenvalue weighted by Gasteiger charge is 2.73. The van der Waals surface area contributed by atoms with Crippen LogP contribution in [0.2, 0.25) is 0 Å². The summed E-state index contributed by atoms with van der Waals surface area (Å²) >= 11 is 14.6. The fourth-order valence-electron chi connectivity index (χ4n) is 5.69. The smallest absolute Gasteiger partial charge is 0.271 e. The molecule has 9 heteroatoms. The van der Waals surface area contributed by atoms with E-state index in [1.165, 1.54) is 0 Å². The first-order chi connectivity index (χ1) is 15.7. The molecule has 3 aromatic carbocycles. The molecule has 164 valence electrons. The monoisotopic (exact) mass is 482 g/mol. The zero-order chi connectivity index (χ0) is 23.3. The Bertz CT molecular complexity index is 1300. The van der Waals surface area contributed by atoms with Gasteiger partial charge in [-0.1, -0.05) is 48.5 Å². The molecule has 2 bridgehead atoms. The Labute approximate surface area is 196 Å². The largest absolute Gasteiger partial charge is 0.274 e. The van der Waals surface area contributed by atoms with Gasteiger partial charge in [0.1, 0.15) is 15.6 Å². The number of imide groups is 1. The molecule has 0 radical (unpaired) electrons. The maximum atomic E-state index is 14.8. The summed E-state index contributed by atoms with van der Waals surface area (Å²) < 4.78 is 14.8. The zero-order valence-electron chi connectivity index (χ0n) is 16.7. The number of benzene rings is 3. The predicted octanol–water partition coefficient (Wildman–Crippen LogP) is 4.83. The highest BCUT2D eigenvalue weighted by atomic mass is 35.5. The Morgan fingerprint density at radius 1 is 0.818 bits per heavy atom. The zero-order valence-corrected chi connectivity index (χ0v) is 18.2. The van der Waals surface area contributed by atoms with Gasteiger partial charge in [-0.15, -0.1) is 23.2 Å². The van der Waals surface area contributed by atoms with Gasteiger partial charge in [-0.25, -0.2) is 9.29 Å². The van der Waals surface area contributed by atoms with Crippen LogP contribution >= 0.6 is 23.2 Å². The highest BCUT2D eigenvalue weighted by Crippen LogP contribution is 2.69. The normalized spacial score (nSPS) is 29.0. The van der Waals surface area contributed by atoms with Crippen molar-refractivity contribution < 1.29 is 18.9 Å². The minimum Gasteiger partial charge on any atom is -0.274 e. The number of hydrogen-bond acceptors (Lipinski definition) is 4. The quantitative estimate of drug-likeness (QED) is 0.226. The van der Waals surface area contributed by atoms with E-state index in [2.05, 4.69) is 0 Å². The third kappa shape index (κ3) is 2.24. The van der Waals surface area contributed by atoms with Crippen LogP contribution in [0.3, 0.4) is 0 Å². The van der Waals surface area contributed by atoms with E-state index in [9.17, 15) is 24.1 Å². The van der Waals surface area contributed by atoms with Crippen LogP contribution in [0.25, 0.3) is 0 Å². The molecule has 3 aromatic rings. The first-order valence-electron chi connectivity index (χ1n) is 10.1. The van der Waals surface area contributed by atoms with Gasteiger partial charge >= 0.3 is 0 Å². The number of rotatable bonds is 2. The molecule has 7 rings (SSSR count). The maximum Gasteiger partial charge on any atom is 0.271 e. The van der Waals surface area contributed by atoms with Crippen molar-refractivity contribution >= 4 is 46.4 Å². The Morgan fingerprint density at radius 3 is 1.64 bits per heavy atom. The molecule has 0 N–H and O–H groups in total. The van der Waals surface area contributed by atoms with E-state index in [4.69, 9.17) is 23.2 Å². The van der Waals surface area contributed by atoms with Crippen molar-refractivity contribution in [1.29, 1.82) is 0 Å². The molecule has 2 amide bonds. The van der Waals surface area contributed by atoms with Gasteiger partial charge in [0.05, 0.1) is 22.4 Å². The molecule has 0 saturated carbocycles. The van der Waals surface area contributed by atoms with Crippen LogP contribution in [-0.2, 0) is 19.3 Å². The molecule has 3 aliphatic carbocycles. The van der Waals surface area contributed by atoms with Gasteiger partial charge in [0.25, 0.3) is 5.69 Å². The molecule has 1 heterocycles. The first-order valence-corrected chi connectivity index (χ1v) is 10.9. The number of carbonyl (C=O) groups excluding carboxylic acids is 2. The fourth-order valence-corrected chi connectivity index (χ4v) is 6.79. The van der Waals surface area contributed by atoms with Crippen LogP contribution in [0.15, 0.2) is 66.7 Å². The first kappa shape index (κ1) is 20.3. The van der Waals surface area contributed by atoms with Gasteiger partial charge in [-0.2, -0.15) is 0 Å². The second kappa shape index (κ2) is 6.40. The molecule has 33 heavy (non-hydrogen) atoms. The average Bonchev–Trinajstić information content (AvgIpc) is 3.09. The van der Waals surface area contributed by atoms with E-state index >= 15 is 0 Å². The van der Waals surface area contributed by atoms with E-state index in [0.717, 1.165) is 18.2 Å². The number of nitro benzene ring substituents is 1. The molecule has 4 aliphatic rings. The van der Waals surface area contributed by atoms with E-state index in [-0.39, 0.29) is 0 Å². The van der Waals surface area contributed by atoms with Crippen molar-refractivity contribution in [2.75, 3.05) is 4.90 Å². The number of nitrogens with zero attached hydrogens (tertiary/aromatic N) is 2. The fraction of sp³-hybridized carbons (Fsp3) is 0.167. The number of hydrogen-bond donors (Lipinski definition) is 0. The van der Waals surface area contributed by atoms with Crippen LogP contribution in [0, 0.1) is 27.8 Å². The highest BCUT2D eigenvalue weighted by molar-refractivity contribution is 6.38. The van der Waals surface area contributed by atoms with Crippen LogP contribution in [0.5, 0.6) is 0 Å². The standard InChI is InChI=1S/C24H13Cl2FN2O4/c25-23-13-5-1-2-6-14(13)24(26,16-8-4-3-7-15(16)23)20-19(23)21(30)28(22(20)31)18-11-12(29(32)33)9-10-17(18)27/h1-11,19-20H/t19-,20+,23?,24?. The van der Waals surface area contributed by atoms with Gasteiger partial charge in [0, 0.05) is 12.1 Å². The second-order valence-corrected chi connectivity index (χ2v) is 9.57. The second-order valence-electron chi connectivity index (χ2n) is 8.37. The maximum absolute atomic E-state index is 14.8. The number of anilines is 1. The van der Waals surface area contributed by atoms with Crippen molar-refractivity contribution in [3.8, 4) is 0 Å². The van der Waals surface area contributed by atoms with Crippen LogP contribution in [0.4, 0.5) is 15.8 Å². The lowest BCUT2D eigenvalue weighted by molar-refractivity contribution is -0.384. The van der Waals surface area contributed by atoms with Crippen molar-refractivity contribution in [3.63, 3.8) is 0 Å². The Morgan fingerprint density at radius 2 is 1.24 bits per heavy atom. The molecule has 1 aliphatic heterocycles. The number of halogens is 3. The van der Waals surface area contributed by atoms with Crippen molar-refractivity contribution in [1.82, 2.24) is 0 Å². The van der Waals surface area contributed by atoms with Crippen LogP contribution < -0.4 is 4.90 Å². The molecule has 1 fully saturated rings. The molecule has 6 nitrogen and oxygen atoms in total. The number of alkyl halides is 2. The van der Waals surface area contributed by atoms with E-state index in [1.807, 2.05) is 0 Å². The third-order valence-electron chi connectivity index (χ3n) is 6.97. The molecule has 0 spiro atoms. The van der Waals surface area contributed by atoms with E-state index in [1.54, 1.807) is 48.5 Å². The molecule has 2 atom stereocenters. The van der Waals surface area contributed by atoms with Gasteiger partial charge in [-0.05, 0) is 28.3 Å². The number of carbonyl (C=O) groups is 2.